The monoisotopic (exact) mass is 221 g/mol. The predicted octanol–water partition coefficient (Wildman–Crippen LogP) is 2.27. The second-order valence-corrected chi connectivity index (χ2v) is 5.08. The van der Waals surface area contributed by atoms with Gasteiger partial charge in [0.15, 0.2) is 0 Å². The number of nitrogens with zero attached hydrogens (tertiary/aromatic N) is 1. The Morgan fingerprint density at radius 1 is 1.19 bits per heavy atom. The predicted molar refractivity (Wildman–Crippen MR) is 61.7 cm³/mol. The molecule has 2 rings (SSSR count). The molecule has 16 heavy (non-hydrogen) atoms. The molecule has 1 heterocycles. The first-order valence-corrected chi connectivity index (χ1v) is 6.11. The summed E-state index contributed by atoms with van der Waals surface area (Å²) in [6.45, 7) is 4.13. The molecule has 0 aromatic carbocycles. The van der Waals surface area contributed by atoms with E-state index in [4.69, 9.17) is 0 Å². The van der Waals surface area contributed by atoms with Crippen LogP contribution in [0.15, 0.2) is 12.7 Å². The van der Waals surface area contributed by atoms with Crippen molar-refractivity contribution in [3.63, 3.8) is 0 Å². The Morgan fingerprint density at radius 3 is 2.25 bits per heavy atom. The van der Waals surface area contributed by atoms with Gasteiger partial charge in [-0.05, 0) is 24.7 Å². The molecule has 1 aliphatic carbocycles. The highest BCUT2D eigenvalue weighted by Crippen LogP contribution is 2.46. The fraction of sp³-hybridized carbons (Fsp3) is 0.692. The topological polar surface area (TPSA) is 37.4 Å². The Labute approximate surface area is 96.5 Å². The lowest BCUT2D eigenvalue weighted by Gasteiger charge is -2.37. The van der Waals surface area contributed by atoms with Gasteiger partial charge < -0.3 is 0 Å². The van der Waals surface area contributed by atoms with Crippen molar-refractivity contribution in [3.05, 3.63) is 12.7 Å². The minimum Gasteiger partial charge on any atom is -0.282 e. The lowest BCUT2D eigenvalue weighted by molar-refractivity contribution is -0.153. The lowest BCUT2D eigenvalue weighted by atomic mass is 9.76. The van der Waals surface area contributed by atoms with Crippen molar-refractivity contribution < 1.29 is 9.59 Å². The normalized spacial score (nSPS) is 24.1. The van der Waals surface area contributed by atoms with Gasteiger partial charge in [-0.25, -0.2) is 0 Å². The molecule has 1 saturated heterocycles. The number of hydrogen-bond acceptors (Lipinski definition) is 2. The van der Waals surface area contributed by atoms with E-state index < -0.39 is 0 Å². The molecule has 3 heteroatoms. The third-order valence-corrected chi connectivity index (χ3v) is 3.88. The average Bonchev–Trinajstić information content (AvgIpc) is 2.65. The first-order chi connectivity index (χ1) is 7.67. The summed E-state index contributed by atoms with van der Waals surface area (Å²) in [7, 11) is 0. The maximum Gasteiger partial charge on any atom is 0.229 e. The van der Waals surface area contributed by atoms with Gasteiger partial charge in [0.05, 0.1) is 0 Å². The molecule has 0 aromatic heterocycles. The summed E-state index contributed by atoms with van der Waals surface area (Å²) in [6, 6.07) is 0. The molecule has 2 fully saturated rings. The summed E-state index contributed by atoms with van der Waals surface area (Å²) in [4.78, 5) is 25.3. The van der Waals surface area contributed by atoms with Gasteiger partial charge in [-0.1, -0.05) is 18.9 Å². The zero-order valence-electron chi connectivity index (χ0n) is 9.71. The maximum absolute atomic E-state index is 11.9. The molecule has 2 aliphatic rings. The third kappa shape index (κ3) is 2.04. The first kappa shape index (κ1) is 11.4. The second kappa shape index (κ2) is 4.40. The highest BCUT2D eigenvalue weighted by molar-refractivity contribution is 5.98. The van der Waals surface area contributed by atoms with E-state index in [1.807, 2.05) is 0 Å². The zero-order chi connectivity index (χ0) is 11.6. The largest absolute Gasteiger partial charge is 0.282 e. The van der Waals surface area contributed by atoms with Crippen molar-refractivity contribution >= 4 is 11.8 Å². The standard InChI is InChI=1S/C13H19NO2/c1-2-3-8-14-11(15)9-13(10-12(14)16)6-4-5-7-13/h2H,1,3-10H2. The molecule has 0 unspecified atom stereocenters. The van der Waals surface area contributed by atoms with Crippen LogP contribution in [0.5, 0.6) is 0 Å². The molecule has 1 aliphatic heterocycles. The van der Waals surface area contributed by atoms with Gasteiger partial charge in [0, 0.05) is 19.4 Å². The van der Waals surface area contributed by atoms with Gasteiger partial charge in [0.25, 0.3) is 0 Å². The molecular weight excluding hydrogens is 202 g/mol. The van der Waals surface area contributed by atoms with Gasteiger partial charge in [-0.3, -0.25) is 14.5 Å². The van der Waals surface area contributed by atoms with Gasteiger partial charge >= 0.3 is 0 Å². The first-order valence-electron chi connectivity index (χ1n) is 6.11. The van der Waals surface area contributed by atoms with Gasteiger partial charge in [0.1, 0.15) is 0 Å². The smallest absolute Gasteiger partial charge is 0.229 e. The van der Waals surface area contributed by atoms with E-state index in [0.717, 1.165) is 12.8 Å². The second-order valence-electron chi connectivity index (χ2n) is 5.08. The van der Waals surface area contributed by atoms with E-state index in [9.17, 15) is 9.59 Å². The lowest BCUT2D eigenvalue weighted by Crippen LogP contribution is -2.47. The average molecular weight is 221 g/mol. The van der Waals surface area contributed by atoms with E-state index >= 15 is 0 Å². The summed E-state index contributed by atoms with van der Waals surface area (Å²) in [6.07, 6.45) is 8.07. The highest BCUT2D eigenvalue weighted by atomic mass is 16.2. The quantitative estimate of drug-likeness (QED) is 0.541. The molecule has 0 aromatic rings. The van der Waals surface area contributed by atoms with Crippen molar-refractivity contribution in [2.75, 3.05) is 6.54 Å². The number of carbonyl (C=O) groups excluding carboxylic acids is 2. The molecule has 0 N–H and O–H groups in total. The van der Waals surface area contributed by atoms with E-state index in [0.29, 0.717) is 25.8 Å². The van der Waals surface area contributed by atoms with Crippen LogP contribution in [-0.2, 0) is 9.59 Å². The van der Waals surface area contributed by atoms with Crippen molar-refractivity contribution in [1.82, 2.24) is 4.90 Å². The molecule has 0 bridgehead atoms. The molecule has 0 atom stereocenters. The van der Waals surface area contributed by atoms with Crippen LogP contribution in [0.25, 0.3) is 0 Å². The van der Waals surface area contributed by atoms with Crippen molar-refractivity contribution in [2.45, 2.75) is 44.9 Å². The van der Waals surface area contributed by atoms with Crippen LogP contribution in [0.3, 0.4) is 0 Å². The minimum atomic E-state index is 0.0266. The van der Waals surface area contributed by atoms with Crippen LogP contribution in [0.2, 0.25) is 0 Å². The summed E-state index contributed by atoms with van der Waals surface area (Å²) in [5, 5.41) is 0. The van der Waals surface area contributed by atoms with Crippen LogP contribution in [-0.4, -0.2) is 23.3 Å². The summed E-state index contributed by atoms with van der Waals surface area (Å²) in [5.41, 5.74) is 0.0266. The molecule has 2 amide bonds. The van der Waals surface area contributed by atoms with Gasteiger partial charge in [-0.2, -0.15) is 0 Å². The van der Waals surface area contributed by atoms with E-state index in [-0.39, 0.29) is 17.2 Å². The van der Waals surface area contributed by atoms with Gasteiger partial charge in [-0.15, -0.1) is 6.58 Å². The van der Waals surface area contributed by atoms with E-state index in [1.54, 1.807) is 6.08 Å². The van der Waals surface area contributed by atoms with E-state index in [1.165, 1.54) is 17.7 Å². The number of rotatable bonds is 3. The Balaban J connectivity index is 2.04. The maximum atomic E-state index is 11.9. The van der Waals surface area contributed by atoms with E-state index in [2.05, 4.69) is 6.58 Å². The van der Waals surface area contributed by atoms with Crippen LogP contribution >= 0.6 is 0 Å². The molecule has 88 valence electrons. The number of likely N-dealkylation sites (tertiary alicyclic amines) is 1. The van der Waals surface area contributed by atoms with Crippen LogP contribution in [0, 0.1) is 5.41 Å². The molecular formula is C13H19NO2. The van der Waals surface area contributed by atoms with Crippen LogP contribution in [0.4, 0.5) is 0 Å². The SMILES string of the molecule is C=CCCN1C(=O)CC2(CCCC2)CC1=O. The van der Waals surface area contributed by atoms with Crippen molar-refractivity contribution in [2.24, 2.45) is 5.41 Å². The fourth-order valence-electron chi connectivity index (χ4n) is 2.98. The van der Waals surface area contributed by atoms with Crippen LogP contribution < -0.4 is 0 Å². The Morgan fingerprint density at radius 2 is 1.75 bits per heavy atom. The number of piperidine rings is 1. The Kier molecular flexibility index (Phi) is 3.13. The zero-order valence-corrected chi connectivity index (χ0v) is 9.71. The van der Waals surface area contributed by atoms with Crippen molar-refractivity contribution in [3.8, 4) is 0 Å². The van der Waals surface area contributed by atoms with Gasteiger partial charge in [0.2, 0.25) is 11.8 Å². The highest BCUT2D eigenvalue weighted by Gasteiger charge is 2.44. The molecule has 0 radical (unpaired) electrons. The number of amides is 2. The number of imide groups is 1. The Bertz CT molecular complexity index is 296. The number of hydrogen-bond donors (Lipinski definition) is 0. The fourth-order valence-corrected chi connectivity index (χ4v) is 2.98. The molecule has 3 nitrogen and oxygen atoms in total. The van der Waals surface area contributed by atoms with Crippen LogP contribution in [0.1, 0.15) is 44.9 Å². The Hall–Kier alpha value is -1.12. The molecule has 1 spiro atoms. The van der Waals surface area contributed by atoms with Crippen molar-refractivity contribution in [1.29, 1.82) is 0 Å². The molecule has 1 saturated carbocycles. The number of carbonyl (C=O) groups is 2. The minimum absolute atomic E-state index is 0.0266. The summed E-state index contributed by atoms with van der Waals surface area (Å²) < 4.78 is 0. The summed E-state index contributed by atoms with van der Waals surface area (Å²) >= 11 is 0. The summed E-state index contributed by atoms with van der Waals surface area (Å²) in [5.74, 6) is 0.0556. The third-order valence-electron chi connectivity index (χ3n) is 3.88.